The number of nitrogens with two attached hydrogens (primary N) is 1. The number of carbonyl (C=O) groups excluding carboxylic acids is 1. The van der Waals surface area contributed by atoms with Crippen LogP contribution in [0.1, 0.15) is 26.2 Å². The third-order valence-electron chi connectivity index (χ3n) is 2.49. The second kappa shape index (κ2) is 4.58. The van der Waals surface area contributed by atoms with Crippen LogP contribution in [-0.2, 0) is 9.53 Å². The number of esters is 1. The Kier molecular flexibility index (Phi) is 3.69. The van der Waals surface area contributed by atoms with Crippen LogP contribution < -0.4 is 5.73 Å². The molecule has 1 rings (SSSR count). The standard InChI is InChI=1S/C9H17NO3/c1-2-13-9(12)6-4-3-5-7(10)8(6)11/h6-8,11H,2-5,10H2,1H3. The van der Waals surface area contributed by atoms with Gasteiger partial charge in [0.05, 0.1) is 18.6 Å². The van der Waals surface area contributed by atoms with E-state index < -0.39 is 12.0 Å². The van der Waals surface area contributed by atoms with Gasteiger partial charge in [0.1, 0.15) is 0 Å². The zero-order valence-corrected chi connectivity index (χ0v) is 7.90. The number of aliphatic hydroxyl groups is 1. The van der Waals surface area contributed by atoms with Crippen molar-refractivity contribution in [2.24, 2.45) is 11.7 Å². The molecule has 0 radical (unpaired) electrons. The zero-order valence-electron chi connectivity index (χ0n) is 7.90. The Morgan fingerprint density at radius 2 is 2.31 bits per heavy atom. The van der Waals surface area contributed by atoms with E-state index in [2.05, 4.69) is 0 Å². The van der Waals surface area contributed by atoms with Crippen LogP contribution >= 0.6 is 0 Å². The molecule has 1 saturated carbocycles. The molecule has 1 fully saturated rings. The minimum absolute atomic E-state index is 0.275. The molecule has 0 amide bonds. The number of carbonyl (C=O) groups is 1. The lowest BCUT2D eigenvalue weighted by Crippen LogP contribution is -2.46. The average Bonchev–Trinajstić information content (AvgIpc) is 2.10. The summed E-state index contributed by atoms with van der Waals surface area (Å²) in [6.07, 6.45) is 1.64. The molecule has 0 heterocycles. The van der Waals surface area contributed by atoms with E-state index in [4.69, 9.17) is 10.5 Å². The van der Waals surface area contributed by atoms with Crippen molar-refractivity contribution in [2.45, 2.75) is 38.3 Å². The maximum absolute atomic E-state index is 11.3. The number of ether oxygens (including phenoxy) is 1. The molecule has 4 heteroatoms. The quantitative estimate of drug-likeness (QED) is 0.598. The predicted molar refractivity (Wildman–Crippen MR) is 48.0 cm³/mol. The highest BCUT2D eigenvalue weighted by Gasteiger charge is 2.35. The minimum atomic E-state index is -0.729. The first-order chi connectivity index (χ1) is 6.16. The van der Waals surface area contributed by atoms with Crippen LogP contribution in [0.15, 0.2) is 0 Å². The van der Waals surface area contributed by atoms with Crippen molar-refractivity contribution >= 4 is 5.97 Å². The Balaban J connectivity index is 2.52. The van der Waals surface area contributed by atoms with Crippen LogP contribution in [0.2, 0.25) is 0 Å². The summed E-state index contributed by atoms with van der Waals surface area (Å²) in [6, 6.07) is -0.275. The molecule has 0 aromatic heterocycles. The van der Waals surface area contributed by atoms with Crippen molar-refractivity contribution < 1.29 is 14.6 Å². The molecule has 3 atom stereocenters. The molecule has 0 bridgehead atoms. The zero-order chi connectivity index (χ0) is 9.84. The fraction of sp³-hybridized carbons (Fsp3) is 0.889. The number of aliphatic hydroxyl groups excluding tert-OH is 1. The molecule has 0 aromatic carbocycles. The summed E-state index contributed by atoms with van der Waals surface area (Å²) in [5.74, 6) is -0.728. The van der Waals surface area contributed by atoms with Gasteiger partial charge in [0.15, 0.2) is 0 Å². The average molecular weight is 187 g/mol. The summed E-state index contributed by atoms with van der Waals surface area (Å²) in [4.78, 5) is 11.3. The molecule has 4 nitrogen and oxygen atoms in total. The normalized spacial score (nSPS) is 34.2. The molecule has 0 saturated heterocycles. The molecule has 0 spiro atoms. The van der Waals surface area contributed by atoms with Gasteiger partial charge in [0.25, 0.3) is 0 Å². The Morgan fingerprint density at radius 1 is 1.62 bits per heavy atom. The van der Waals surface area contributed by atoms with Crippen molar-refractivity contribution in [1.29, 1.82) is 0 Å². The molecule has 3 N–H and O–H groups in total. The number of hydrogen-bond acceptors (Lipinski definition) is 4. The van der Waals surface area contributed by atoms with E-state index in [9.17, 15) is 9.90 Å². The highest BCUT2D eigenvalue weighted by Crippen LogP contribution is 2.24. The summed E-state index contributed by atoms with van der Waals surface area (Å²) in [7, 11) is 0. The van der Waals surface area contributed by atoms with E-state index in [-0.39, 0.29) is 12.0 Å². The molecule has 0 aliphatic heterocycles. The van der Waals surface area contributed by atoms with E-state index >= 15 is 0 Å². The van der Waals surface area contributed by atoms with Crippen molar-refractivity contribution in [3.63, 3.8) is 0 Å². The SMILES string of the molecule is CCOC(=O)C1CCCC(N)C1O. The maximum Gasteiger partial charge on any atom is 0.311 e. The topological polar surface area (TPSA) is 72.5 Å². The van der Waals surface area contributed by atoms with Gasteiger partial charge in [-0.05, 0) is 19.8 Å². The van der Waals surface area contributed by atoms with Crippen molar-refractivity contribution in [1.82, 2.24) is 0 Å². The fourth-order valence-electron chi connectivity index (χ4n) is 1.72. The van der Waals surface area contributed by atoms with Crippen LogP contribution in [0, 0.1) is 5.92 Å². The van der Waals surface area contributed by atoms with E-state index in [1.54, 1.807) is 6.92 Å². The van der Waals surface area contributed by atoms with E-state index in [1.807, 2.05) is 0 Å². The van der Waals surface area contributed by atoms with E-state index in [0.717, 1.165) is 12.8 Å². The second-order valence-corrected chi connectivity index (χ2v) is 3.44. The van der Waals surface area contributed by atoms with Gasteiger partial charge in [-0.25, -0.2) is 0 Å². The Hall–Kier alpha value is -0.610. The van der Waals surface area contributed by atoms with Gasteiger partial charge in [-0.2, -0.15) is 0 Å². The van der Waals surface area contributed by atoms with Crippen LogP contribution in [0.4, 0.5) is 0 Å². The third kappa shape index (κ3) is 2.42. The maximum atomic E-state index is 11.3. The summed E-state index contributed by atoms with van der Waals surface area (Å²) >= 11 is 0. The van der Waals surface area contributed by atoms with E-state index in [1.165, 1.54) is 0 Å². The third-order valence-corrected chi connectivity index (χ3v) is 2.49. The van der Waals surface area contributed by atoms with Crippen molar-refractivity contribution in [2.75, 3.05) is 6.61 Å². The van der Waals surface area contributed by atoms with Crippen molar-refractivity contribution in [3.05, 3.63) is 0 Å². The molecule has 1 aliphatic carbocycles. The van der Waals surface area contributed by atoms with Gasteiger partial charge in [-0.15, -0.1) is 0 Å². The first kappa shape index (κ1) is 10.5. The molecule has 3 unspecified atom stereocenters. The molecular weight excluding hydrogens is 170 g/mol. The van der Waals surface area contributed by atoms with Gasteiger partial charge in [-0.3, -0.25) is 4.79 Å². The Morgan fingerprint density at radius 3 is 2.92 bits per heavy atom. The fourth-order valence-corrected chi connectivity index (χ4v) is 1.72. The monoisotopic (exact) mass is 187 g/mol. The van der Waals surface area contributed by atoms with Crippen LogP contribution in [0.3, 0.4) is 0 Å². The lowest BCUT2D eigenvalue weighted by Gasteiger charge is -2.30. The van der Waals surface area contributed by atoms with Gasteiger partial charge < -0.3 is 15.6 Å². The number of rotatable bonds is 2. The molecule has 13 heavy (non-hydrogen) atoms. The highest BCUT2D eigenvalue weighted by atomic mass is 16.5. The first-order valence-corrected chi connectivity index (χ1v) is 4.77. The highest BCUT2D eigenvalue weighted by molar-refractivity contribution is 5.73. The van der Waals surface area contributed by atoms with Gasteiger partial charge in [0, 0.05) is 6.04 Å². The number of hydrogen-bond donors (Lipinski definition) is 2. The first-order valence-electron chi connectivity index (χ1n) is 4.77. The summed E-state index contributed by atoms with van der Waals surface area (Å²) in [5.41, 5.74) is 5.64. The van der Waals surface area contributed by atoms with Gasteiger partial charge >= 0.3 is 5.97 Å². The molecule has 76 valence electrons. The van der Waals surface area contributed by atoms with E-state index in [0.29, 0.717) is 13.0 Å². The summed E-state index contributed by atoms with van der Waals surface area (Å²) < 4.78 is 4.85. The van der Waals surface area contributed by atoms with Crippen LogP contribution in [0.25, 0.3) is 0 Å². The smallest absolute Gasteiger partial charge is 0.311 e. The second-order valence-electron chi connectivity index (χ2n) is 3.44. The largest absolute Gasteiger partial charge is 0.466 e. The lowest BCUT2D eigenvalue weighted by atomic mass is 9.83. The van der Waals surface area contributed by atoms with Gasteiger partial charge in [-0.1, -0.05) is 6.42 Å². The lowest BCUT2D eigenvalue weighted by molar-refractivity contribution is -0.154. The van der Waals surface area contributed by atoms with Crippen LogP contribution in [0.5, 0.6) is 0 Å². The molecule has 1 aliphatic rings. The van der Waals surface area contributed by atoms with Gasteiger partial charge in [0.2, 0.25) is 0 Å². The Labute approximate surface area is 78.1 Å². The Bertz CT molecular complexity index is 184. The summed E-state index contributed by atoms with van der Waals surface area (Å²) in [6.45, 7) is 2.12. The van der Waals surface area contributed by atoms with Crippen LogP contribution in [-0.4, -0.2) is 29.8 Å². The minimum Gasteiger partial charge on any atom is -0.466 e. The van der Waals surface area contributed by atoms with Crippen molar-refractivity contribution in [3.8, 4) is 0 Å². The predicted octanol–water partition coefficient (Wildman–Crippen LogP) is 0.0378. The molecule has 0 aromatic rings. The summed E-state index contributed by atoms with van der Waals surface area (Å²) in [5, 5.41) is 9.61. The molecular formula is C9H17NO3.